The molecule has 2 aliphatic rings. The summed E-state index contributed by atoms with van der Waals surface area (Å²) in [5.74, 6) is 1.17. The largest absolute Gasteiger partial charge is 0.444 e. The van der Waals surface area contributed by atoms with E-state index in [1.165, 1.54) is 12.2 Å². The van der Waals surface area contributed by atoms with Gasteiger partial charge in [0.25, 0.3) is 0 Å². The van der Waals surface area contributed by atoms with Crippen LogP contribution in [0.15, 0.2) is 0 Å². The monoisotopic (exact) mass is 272 g/mol. The molecule has 2 saturated heterocycles. The summed E-state index contributed by atoms with van der Waals surface area (Å²) >= 11 is 1.99. The molecule has 2 heterocycles. The molecule has 1 atom stereocenters. The lowest BCUT2D eigenvalue weighted by molar-refractivity contribution is 0.0104. The molecule has 0 aliphatic carbocycles. The van der Waals surface area contributed by atoms with Crippen LogP contribution in [0.2, 0.25) is 0 Å². The van der Waals surface area contributed by atoms with Crippen LogP contribution in [0, 0.1) is 0 Å². The van der Waals surface area contributed by atoms with E-state index in [1.807, 2.05) is 37.4 Å². The minimum absolute atomic E-state index is 0.134. The van der Waals surface area contributed by atoms with Gasteiger partial charge in [0.2, 0.25) is 0 Å². The summed E-state index contributed by atoms with van der Waals surface area (Å²) in [6.07, 6.45) is 2.08. The molecule has 0 saturated carbocycles. The Bertz CT molecular complexity index is 329. The van der Waals surface area contributed by atoms with Gasteiger partial charge in [0.1, 0.15) is 5.60 Å². The van der Waals surface area contributed by atoms with Crippen LogP contribution >= 0.6 is 11.8 Å². The Balaban J connectivity index is 2.01. The summed E-state index contributed by atoms with van der Waals surface area (Å²) < 4.78 is 5.47. The van der Waals surface area contributed by atoms with Crippen LogP contribution in [0.4, 0.5) is 4.79 Å². The highest BCUT2D eigenvalue weighted by Crippen LogP contribution is 2.41. The number of likely N-dealkylation sites (tertiary alicyclic amines) is 1. The lowest BCUT2D eigenvalue weighted by Gasteiger charge is -2.43. The molecule has 104 valence electrons. The molecule has 0 bridgehead atoms. The molecule has 18 heavy (non-hydrogen) atoms. The van der Waals surface area contributed by atoms with E-state index in [4.69, 9.17) is 4.74 Å². The van der Waals surface area contributed by atoms with Crippen molar-refractivity contribution >= 4 is 17.9 Å². The average molecular weight is 272 g/mol. The van der Waals surface area contributed by atoms with Gasteiger partial charge in [0.05, 0.1) is 11.4 Å². The fourth-order valence-corrected chi connectivity index (χ4v) is 4.19. The molecule has 2 fully saturated rings. The first-order valence-corrected chi connectivity index (χ1v) is 7.64. The molecule has 0 N–H and O–H groups in total. The van der Waals surface area contributed by atoms with Gasteiger partial charge in [-0.05, 0) is 40.7 Å². The number of nitrogens with zero attached hydrogens (tertiary/aromatic N) is 2. The van der Waals surface area contributed by atoms with Crippen molar-refractivity contribution in [3.8, 4) is 0 Å². The van der Waals surface area contributed by atoms with Gasteiger partial charge in [-0.2, -0.15) is 0 Å². The van der Waals surface area contributed by atoms with Gasteiger partial charge in [-0.15, -0.1) is 11.8 Å². The van der Waals surface area contributed by atoms with Gasteiger partial charge in [-0.3, -0.25) is 4.90 Å². The third kappa shape index (κ3) is 2.94. The second-order valence-electron chi connectivity index (χ2n) is 6.22. The van der Waals surface area contributed by atoms with Crippen molar-refractivity contribution in [2.45, 2.75) is 44.1 Å². The molecule has 0 aromatic heterocycles. The number of carbonyl (C=O) groups excluding carboxylic acids is 1. The topological polar surface area (TPSA) is 32.8 Å². The first kappa shape index (κ1) is 14.0. The Morgan fingerprint density at radius 1 is 1.33 bits per heavy atom. The van der Waals surface area contributed by atoms with Crippen LogP contribution in [0.5, 0.6) is 0 Å². The first-order valence-electron chi connectivity index (χ1n) is 6.66. The van der Waals surface area contributed by atoms with E-state index >= 15 is 0 Å². The van der Waals surface area contributed by atoms with Crippen molar-refractivity contribution in [1.29, 1.82) is 0 Å². The summed E-state index contributed by atoms with van der Waals surface area (Å²) in [6.45, 7) is 8.49. The van der Waals surface area contributed by atoms with Gasteiger partial charge >= 0.3 is 6.09 Å². The molecular formula is C13H24N2O2S. The van der Waals surface area contributed by atoms with Gasteiger partial charge in [-0.25, -0.2) is 4.79 Å². The van der Waals surface area contributed by atoms with Crippen molar-refractivity contribution in [2.24, 2.45) is 0 Å². The Morgan fingerprint density at radius 2 is 2.06 bits per heavy atom. The third-order valence-corrected chi connectivity index (χ3v) is 5.15. The molecule has 1 amide bonds. The summed E-state index contributed by atoms with van der Waals surface area (Å²) in [7, 11) is 2.17. The molecule has 4 nitrogen and oxygen atoms in total. The number of rotatable bonds is 0. The Kier molecular flexibility index (Phi) is 3.83. The molecule has 1 spiro atoms. The van der Waals surface area contributed by atoms with Crippen LogP contribution < -0.4 is 0 Å². The maximum absolute atomic E-state index is 12.1. The quantitative estimate of drug-likeness (QED) is 0.678. The summed E-state index contributed by atoms with van der Waals surface area (Å²) in [5, 5.41) is 0. The first-order chi connectivity index (χ1) is 8.32. The van der Waals surface area contributed by atoms with Crippen molar-refractivity contribution in [3.05, 3.63) is 0 Å². The number of likely N-dealkylation sites (N-methyl/N-ethyl adjacent to an activating group) is 1. The number of thioether (sulfide) groups is 1. The normalized spacial score (nSPS) is 29.9. The van der Waals surface area contributed by atoms with E-state index in [1.54, 1.807) is 0 Å². The Hall–Kier alpha value is -0.420. The number of ether oxygens (including phenoxy) is 1. The van der Waals surface area contributed by atoms with Crippen molar-refractivity contribution in [3.63, 3.8) is 0 Å². The van der Waals surface area contributed by atoms with Gasteiger partial charge in [0, 0.05) is 18.8 Å². The molecule has 0 aromatic carbocycles. The number of amides is 1. The predicted molar refractivity (Wildman–Crippen MR) is 74.9 cm³/mol. The number of carbonyl (C=O) groups is 1. The summed E-state index contributed by atoms with van der Waals surface area (Å²) in [6, 6.07) is 0. The van der Waals surface area contributed by atoms with Gasteiger partial charge in [0.15, 0.2) is 0 Å². The molecule has 0 aromatic rings. The second-order valence-corrected chi connectivity index (χ2v) is 7.68. The van der Waals surface area contributed by atoms with E-state index in [-0.39, 0.29) is 11.0 Å². The molecular weight excluding hydrogens is 248 g/mol. The second kappa shape index (κ2) is 4.93. The molecule has 0 radical (unpaired) electrons. The minimum atomic E-state index is -0.406. The van der Waals surface area contributed by atoms with Crippen LogP contribution in [0.3, 0.4) is 0 Å². The van der Waals surface area contributed by atoms with Crippen LogP contribution in [-0.2, 0) is 4.74 Å². The Morgan fingerprint density at radius 3 is 2.61 bits per heavy atom. The van der Waals surface area contributed by atoms with Crippen molar-refractivity contribution in [2.75, 3.05) is 32.4 Å². The molecule has 1 unspecified atom stereocenters. The maximum Gasteiger partial charge on any atom is 0.410 e. The van der Waals surface area contributed by atoms with E-state index < -0.39 is 5.60 Å². The minimum Gasteiger partial charge on any atom is -0.444 e. The number of piperidine rings is 1. The van der Waals surface area contributed by atoms with E-state index in [0.717, 1.165) is 26.1 Å². The SMILES string of the molecule is CN1CCSC12CCCN(C(=O)OC(C)(C)C)C2. The molecule has 2 rings (SSSR count). The fraction of sp³-hybridized carbons (Fsp3) is 0.923. The van der Waals surface area contributed by atoms with E-state index in [0.29, 0.717) is 0 Å². The zero-order valence-corrected chi connectivity index (χ0v) is 12.7. The van der Waals surface area contributed by atoms with E-state index in [9.17, 15) is 4.79 Å². The van der Waals surface area contributed by atoms with E-state index in [2.05, 4.69) is 11.9 Å². The standard InChI is InChI=1S/C13H24N2O2S/c1-12(2,3)17-11(16)15-7-5-6-13(10-15)14(4)8-9-18-13/h5-10H2,1-4H3. The van der Waals surface area contributed by atoms with Crippen LogP contribution in [0.25, 0.3) is 0 Å². The maximum atomic E-state index is 12.1. The van der Waals surface area contributed by atoms with Crippen molar-refractivity contribution in [1.82, 2.24) is 9.80 Å². The molecule has 5 heteroatoms. The smallest absolute Gasteiger partial charge is 0.410 e. The summed E-state index contributed by atoms with van der Waals surface area (Å²) in [4.78, 5) is 16.5. The van der Waals surface area contributed by atoms with Crippen molar-refractivity contribution < 1.29 is 9.53 Å². The average Bonchev–Trinajstić information content (AvgIpc) is 2.58. The van der Waals surface area contributed by atoms with Gasteiger partial charge < -0.3 is 9.64 Å². The lowest BCUT2D eigenvalue weighted by Crippen LogP contribution is -2.54. The highest BCUT2D eigenvalue weighted by molar-refractivity contribution is 8.00. The highest BCUT2D eigenvalue weighted by atomic mass is 32.2. The highest BCUT2D eigenvalue weighted by Gasteiger charge is 2.44. The fourth-order valence-electron chi connectivity index (χ4n) is 2.60. The Labute approximate surface area is 114 Å². The number of hydrogen-bond acceptors (Lipinski definition) is 4. The molecule has 2 aliphatic heterocycles. The summed E-state index contributed by atoms with van der Waals surface area (Å²) in [5.41, 5.74) is -0.406. The number of hydrogen-bond donors (Lipinski definition) is 0. The predicted octanol–water partition coefficient (Wildman–Crippen LogP) is 2.39. The van der Waals surface area contributed by atoms with Crippen LogP contribution in [-0.4, -0.2) is 58.8 Å². The van der Waals surface area contributed by atoms with Crippen LogP contribution in [0.1, 0.15) is 33.6 Å². The lowest BCUT2D eigenvalue weighted by atomic mass is 10.0. The zero-order chi connectivity index (χ0) is 13.4. The third-order valence-electron chi connectivity index (χ3n) is 3.58. The van der Waals surface area contributed by atoms with Gasteiger partial charge in [-0.1, -0.05) is 0 Å². The zero-order valence-electron chi connectivity index (χ0n) is 11.9.